The normalized spacial score (nSPS) is 10.9. The smallest absolute Gasteiger partial charge is 0.271 e. The fourth-order valence-corrected chi connectivity index (χ4v) is 4.57. The molecule has 0 saturated heterocycles. The lowest BCUT2D eigenvalue weighted by atomic mass is 10.1. The quantitative estimate of drug-likeness (QED) is 0.103. The standard InChI is InChI=1S/C34H30N4O5/c1-3-42-33-21-26(12-20-32(33)43-23-25-10-15-30(16-11-25)38(40)41)22-35-36-34(39)28-13-17-29(18-14-28)37-24(2)9-19-31(37)27-7-5-4-6-8-27/h4-22H,3,23H2,1-2H3,(H,36,39)/b35-22+. The summed E-state index contributed by atoms with van der Waals surface area (Å²) in [6, 6.07) is 33.2. The lowest BCUT2D eigenvalue weighted by Crippen LogP contribution is -2.17. The van der Waals surface area contributed by atoms with Crippen molar-refractivity contribution in [2.24, 2.45) is 5.10 Å². The van der Waals surface area contributed by atoms with Gasteiger partial charge in [0.25, 0.3) is 11.6 Å². The fourth-order valence-electron chi connectivity index (χ4n) is 4.57. The van der Waals surface area contributed by atoms with Crippen LogP contribution in [0, 0.1) is 17.0 Å². The second kappa shape index (κ2) is 13.3. The fraction of sp³-hybridized carbons (Fsp3) is 0.118. The van der Waals surface area contributed by atoms with Gasteiger partial charge in [-0.05, 0) is 97.3 Å². The summed E-state index contributed by atoms with van der Waals surface area (Å²) in [4.78, 5) is 23.2. The molecule has 0 bridgehead atoms. The topological polar surface area (TPSA) is 108 Å². The summed E-state index contributed by atoms with van der Waals surface area (Å²) in [5.41, 5.74) is 8.82. The van der Waals surface area contributed by atoms with Crippen LogP contribution in [0.25, 0.3) is 16.9 Å². The summed E-state index contributed by atoms with van der Waals surface area (Å²) in [5.74, 6) is 0.712. The monoisotopic (exact) mass is 574 g/mol. The summed E-state index contributed by atoms with van der Waals surface area (Å²) in [5, 5.41) is 15.0. The molecule has 5 aromatic rings. The number of hydrogen-bond acceptors (Lipinski definition) is 6. The van der Waals surface area contributed by atoms with Crippen molar-refractivity contribution in [3.05, 3.63) is 142 Å². The van der Waals surface area contributed by atoms with E-state index in [1.165, 1.54) is 18.3 Å². The van der Waals surface area contributed by atoms with Crippen molar-refractivity contribution in [2.75, 3.05) is 6.61 Å². The number of nitro groups is 1. The molecule has 4 aromatic carbocycles. The molecule has 1 N–H and O–H groups in total. The third-order valence-corrected chi connectivity index (χ3v) is 6.72. The minimum atomic E-state index is -0.441. The summed E-state index contributed by atoms with van der Waals surface area (Å²) >= 11 is 0. The molecule has 0 atom stereocenters. The maximum absolute atomic E-state index is 12.8. The number of rotatable bonds is 11. The molecule has 0 aliphatic heterocycles. The molecule has 43 heavy (non-hydrogen) atoms. The molecule has 0 saturated carbocycles. The SMILES string of the molecule is CCOc1cc(/C=N/NC(=O)c2ccc(-n3c(C)ccc3-c3ccccc3)cc2)ccc1OCc1ccc([N+](=O)[O-])cc1. The van der Waals surface area contributed by atoms with E-state index in [2.05, 4.69) is 46.3 Å². The van der Waals surface area contributed by atoms with Gasteiger partial charge < -0.3 is 14.0 Å². The van der Waals surface area contributed by atoms with Crippen molar-refractivity contribution < 1.29 is 19.2 Å². The Balaban J connectivity index is 1.22. The minimum absolute atomic E-state index is 0.0240. The summed E-state index contributed by atoms with van der Waals surface area (Å²) < 4.78 is 13.8. The van der Waals surface area contributed by atoms with Gasteiger partial charge in [0.1, 0.15) is 6.61 Å². The van der Waals surface area contributed by atoms with Crippen molar-refractivity contribution >= 4 is 17.8 Å². The Morgan fingerprint density at radius 1 is 0.907 bits per heavy atom. The Hall–Kier alpha value is -5.70. The van der Waals surface area contributed by atoms with Crippen LogP contribution in [0.2, 0.25) is 0 Å². The number of ether oxygens (including phenoxy) is 2. The number of carbonyl (C=O) groups is 1. The van der Waals surface area contributed by atoms with E-state index in [1.807, 2.05) is 37.3 Å². The largest absolute Gasteiger partial charge is 0.490 e. The zero-order valence-electron chi connectivity index (χ0n) is 23.8. The highest BCUT2D eigenvalue weighted by Gasteiger charge is 2.12. The lowest BCUT2D eigenvalue weighted by molar-refractivity contribution is -0.384. The lowest BCUT2D eigenvalue weighted by Gasteiger charge is -2.13. The van der Waals surface area contributed by atoms with E-state index in [1.54, 1.807) is 42.5 Å². The number of non-ortho nitro benzene ring substituents is 1. The van der Waals surface area contributed by atoms with Crippen LogP contribution in [0.15, 0.2) is 114 Å². The van der Waals surface area contributed by atoms with Gasteiger partial charge in [-0.25, -0.2) is 5.43 Å². The first kappa shape index (κ1) is 28.8. The van der Waals surface area contributed by atoms with Gasteiger partial charge in [0, 0.05) is 29.1 Å². The van der Waals surface area contributed by atoms with Crippen molar-refractivity contribution in [1.82, 2.24) is 9.99 Å². The predicted octanol–water partition coefficient (Wildman–Crippen LogP) is 7.10. The van der Waals surface area contributed by atoms with Gasteiger partial charge in [-0.3, -0.25) is 14.9 Å². The number of aryl methyl sites for hydroxylation is 1. The molecule has 0 aliphatic carbocycles. The van der Waals surface area contributed by atoms with Gasteiger partial charge in [-0.15, -0.1) is 0 Å². The molecule has 216 valence electrons. The van der Waals surface area contributed by atoms with E-state index < -0.39 is 4.92 Å². The number of aromatic nitrogens is 1. The Morgan fingerprint density at radius 2 is 1.65 bits per heavy atom. The van der Waals surface area contributed by atoms with Crippen LogP contribution < -0.4 is 14.9 Å². The molecule has 1 aromatic heterocycles. The van der Waals surface area contributed by atoms with Crippen LogP contribution in [0.5, 0.6) is 11.5 Å². The molecule has 0 spiro atoms. The first-order chi connectivity index (χ1) is 20.9. The number of carbonyl (C=O) groups excluding carboxylic acids is 1. The van der Waals surface area contributed by atoms with E-state index in [9.17, 15) is 14.9 Å². The zero-order valence-corrected chi connectivity index (χ0v) is 23.8. The molecular formula is C34H30N4O5. The second-order valence-corrected chi connectivity index (χ2v) is 9.66. The van der Waals surface area contributed by atoms with Gasteiger partial charge in [-0.2, -0.15) is 5.10 Å². The molecule has 9 heteroatoms. The Labute approximate surface area is 249 Å². The highest BCUT2D eigenvalue weighted by atomic mass is 16.6. The average Bonchev–Trinajstić information content (AvgIpc) is 3.42. The van der Waals surface area contributed by atoms with Crippen LogP contribution in [0.3, 0.4) is 0 Å². The third-order valence-electron chi connectivity index (χ3n) is 6.72. The number of hydrogen-bond donors (Lipinski definition) is 1. The summed E-state index contributed by atoms with van der Waals surface area (Å²) in [6.45, 7) is 4.57. The number of nitrogens with zero attached hydrogens (tertiary/aromatic N) is 3. The molecule has 1 amide bonds. The predicted molar refractivity (Wildman–Crippen MR) is 166 cm³/mol. The Morgan fingerprint density at radius 3 is 2.35 bits per heavy atom. The molecule has 0 unspecified atom stereocenters. The van der Waals surface area contributed by atoms with E-state index in [-0.39, 0.29) is 18.2 Å². The van der Waals surface area contributed by atoms with Gasteiger partial charge in [0.05, 0.1) is 23.4 Å². The van der Waals surface area contributed by atoms with Crippen LogP contribution in [-0.4, -0.2) is 28.2 Å². The molecule has 1 heterocycles. The van der Waals surface area contributed by atoms with Crippen molar-refractivity contribution in [3.8, 4) is 28.4 Å². The first-order valence-corrected chi connectivity index (χ1v) is 13.7. The van der Waals surface area contributed by atoms with Crippen molar-refractivity contribution in [2.45, 2.75) is 20.5 Å². The van der Waals surface area contributed by atoms with Gasteiger partial charge >= 0.3 is 0 Å². The van der Waals surface area contributed by atoms with Gasteiger partial charge in [-0.1, -0.05) is 30.3 Å². The molecule has 5 rings (SSSR count). The molecule has 0 fully saturated rings. The highest BCUT2D eigenvalue weighted by Crippen LogP contribution is 2.29. The third kappa shape index (κ3) is 6.97. The molecule has 0 radical (unpaired) electrons. The minimum Gasteiger partial charge on any atom is -0.490 e. The number of amides is 1. The average molecular weight is 575 g/mol. The summed E-state index contributed by atoms with van der Waals surface area (Å²) in [6.07, 6.45) is 1.53. The molecular weight excluding hydrogens is 544 g/mol. The maximum Gasteiger partial charge on any atom is 0.271 e. The maximum atomic E-state index is 12.8. The van der Waals surface area contributed by atoms with Gasteiger partial charge in [0.15, 0.2) is 11.5 Å². The van der Waals surface area contributed by atoms with Crippen LogP contribution in [0.4, 0.5) is 5.69 Å². The van der Waals surface area contributed by atoms with E-state index in [4.69, 9.17) is 9.47 Å². The number of benzene rings is 4. The van der Waals surface area contributed by atoms with Crippen LogP contribution in [0.1, 0.15) is 34.1 Å². The number of nitro benzene ring substituents is 1. The zero-order chi connectivity index (χ0) is 30.2. The number of hydrazone groups is 1. The van der Waals surface area contributed by atoms with Gasteiger partial charge in [0.2, 0.25) is 0 Å². The summed E-state index contributed by atoms with van der Waals surface area (Å²) in [7, 11) is 0. The molecule has 0 aliphatic rings. The number of nitrogens with one attached hydrogen (secondary N) is 1. The second-order valence-electron chi connectivity index (χ2n) is 9.66. The van der Waals surface area contributed by atoms with Crippen molar-refractivity contribution in [1.29, 1.82) is 0 Å². The molecule has 9 nitrogen and oxygen atoms in total. The van der Waals surface area contributed by atoms with Crippen LogP contribution >= 0.6 is 0 Å². The van der Waals surface area contributed by atoms with Crippen LogP contribution in [-0.2, 0) is 6.61 Å². The van der Waals surface area contributed by atoms with E-state index >= 15 is 0 Å². The van der Waals surface area contributed by atoms with Crippen molar-refractivity contribution in [3.63, 3.8) is 0 Å². The highest BCUT2D eigenvalue weighted by molar-refractivity contribution is 5.95. The Bertz CT molecular complexity index is 1740. The first-order valence-electron chi connectivity index (χ1n) is 13.7. The Kier molecular flexibility index (Phi) is 8.92. The van der Waals surface area contributed by atoms with E-state index in [0.29, 0.717) is 29.2 Å². The van der Waals surface area contributed by atoms with E-state index in [0.717, 1.165) is 28.2 Å².